The molecule has 0 fully saturated rings. The number of hydrogen-bond acceptors (Lipinski definition) is 7. The van der Waals surface area contributed by atoms with Crippen LogP contribution in [0.1, 0.15) is 24.2 Å². The third kappa shape index (κ3) is 2.43. The zero-order valence-corrected chi connectivity index (χ0v) is 12.6. The van der Waals surface area contributed by atoms with E-state index >= 15 is 0 Å². The number of nitrogens with one attached hydrogen (secondary N) is 2. The predicted octanol–water partition coefficient (Wildman–Crippen LogP) is 0.0704. The zero-order valence-electron chi connectivity index (χ0n) is 12.6. The lowest BCUT2D eigenvalue weighted by atomic mass is 9.83. The molecular weight excluding hydrogens is 312 g/mol. The van der Waals surface area contributed by atoms with Gasteiger partial charge in [-0.3, -0.25) is 9.59 Å². The van der Waals surface area contributed by atoms with Gasteiger partial charge in [0.2, 0.25) is 5.91 Å². The number of allylic oxidation sites excluding steroid dienone is 3. The molecule has 0 aromatic carbocycles. The fraction of sp³-hybridized carbons (Fsp3) is 0.333. The minimum absolute atomic E-state index is 0.221. The topological polar surface area (TPSA) is 122 Å². The van der Waals surface area contributed by atoms with Crippen molar-refractivity contribution < 1.29 is 14.2 Å². The summed E-state index contributed by atoms with van der Waals surface area (Å²) in [5, 5.41) is 15.7. The van der Waals surface area contributed by atoms with Crippen molar-refractivity contribution in [1.82, 2.24) is 21.2 Å². The number of nitrogens with zero attached hydrogens (tertiary/aromatic N) is 4. The van der Waals surface area contributed by atoms with Crippen molar-refractivity contribution in [3.05, 3.63) is 35.7 Å². The number of hydrazone groups is 2. The molecule has 1 aromatic heterocycles. The van der Waals surface area contributed by atoms with Gasteiger partial charge in [-0.1, -0.05) is 29.5 Å². The first-order valence-electron chi connectivity index (χ1n) is 7.65. The van der Waals surface area contributed by atoms with E-state index in [0.29, 0.717) is 17.8 Å². The van der Waals surface area contributed by atoms with Crippen LogP contribution in [0.5, 0.6) is 0 Å². The minimum Gasteiger partial charge on any atom is -0.272 e. The Bertz CT molecular complexity index is 819. The van der Waals surface area contributed by atoms with Crippen molar-refractivity contribution in [2.45, 2.75) is 19.3 Å². The molecule has 1 aromatic rings. The average Bonchev–Trinajstić information content (AvgIpc) is 3.09. The molecule has 2 unspecified atom stereocenters. The number of aromatic nitrogens is 2. The summed E-state index contributed by atoms with van der Waals surface area (Å²) in [6.45, 7) is 0. The summed E-state index contributed by atoms with van der Waals surface area (Å²) in [6, 6.07) is 0. The lowest BCUT2D eigenvalue weighted by Crippen LogP contribution is -2.46. The molecular formula is C15H14N6O3. The molecule has 2 aliphatic carbocycles. The Hall–Kier alpha value is -3.10. The third-order valence-corrected chi connectivity index (χ3v) is 4.22. The van der Waals surface area contributed by atoms with Gasteiger partial charge in [0.1, 0.15) is 11.4 Å². The quantitative estimate of drug-likeness (QED) is 0.745. The number of hydrogen-bond donors (Lipinski definition) is 2. The number of amides is 2. The Morgan fingerprint density at radius 2 is 2.08 bits per heavy atom. The van der Waals surface area contributed by atoms with Gasteiger partial charge < -0.3 is 0 Å². The first-order chi connectivity index (χ1) is 11.7. The molecule has 2 amide bonds. The lowest BCUT2D eigenvalue weighted by Gasteiger charge is -2.27. The van der Waals surface area contributed by atoms with Gasteiger partial charge in [-0.2, -0.15) is 10.2 Å². The van der Waals surface area contributed by atoms with Gasteiger partial charge in [-0.15, -0.1) is 0 Å². The van der Waals surface area contributed by atoms with Crippen LogP contribution in [0.4, 0.5) is 0 Å². The van der Waals surface area contributed by atoms with Gasteiger partial charge in [0, 0.05) is 5.92 Å². The standard InChI is InChI=1S/C15H14N6O3/c22-14-9-5-2-1-4-8(9)12(17-18-14)15(23)19-16-10-6-3-7-11-13(10)21-24-20-11/h1-2,4-5,8-9H,3,6-7H2,(H,18,22)(H,19,23)/b16-10+. The molecule has 0 saturated carbocycles. The molecule has 2 atom stereocenters. The summed E-state index contributed by atoms with van der Waals surface area (Å²) in [6.07, 6.45) is 9.44. The van der Waals surface area contributed by atoms with Crippen LogP contribution in [0.15, 0.2) is 39.1 Å². The van der Waals surface area contributed by atoms with Crippen LogP contribution in [0.2, 0.25) is 0 Å². The average molecular weight is 326 g/mol. The Morgan fingerprint density at radius 3 is 2.96 bits per heavy atom. The molecule has 0 saturated heterocycles. The maximum absolute atomic E-state index is 12.4. The fourth-order valence-corrected chi connectivity index (χ4v) is 3.00. The van der Waals surface area contributed by atoms with Crippen LogP contribution in [-0.2, 0) is 16.0 Å². The summed E-state index contributed by atoms with van der Waals surface area (Å²) < 4.78 is 4.72. The first kappa shape index (κ1) is 14.5. The van der Waals surface area contributed by atoms with E-state index in [2.05, 4.69) is 31.4 Å². The highest BCUT2D eigenvalue weighted by atomic mass is 16.6. The molecule has 4 rings (SSSR count). The smallest absolute Gasteiger partial charge is 0.272 e. The second-order valence-electron chi connectivity index (χ2n) is 5.71. The molecule has 122 valence electrons. The molecule has 0 bridgehead atoms. The van der Waals surface area contributed by atoms with Crippen LogP contribution in [0, 0.1) is 11.8 Å². The molecule has 3 aliphatic rings. The van der Waals surface area contributed by atoms with E-state index in [-0.39, 0.29) is 17.5 Å². The lowest BCUT2D eigenvalue weighted by molar-refractivity contribution is -0.124. The van der Waals surface area contributed by atoms with E-state index in [1.807, 2.05) is 0 Å². The van der Waals surface area contributed by atoms with Crippen molar-refractivity contribution in [3.63, 3.8) is 0 Å². The van der Waals surface area contributed by atoms with Crippen LogP contribution in [-0.4, -0.2) is 33.6 Å². The Balaban J connectivity index is 1.53. The van der Waals surface area contributed by atoms with Crippen LogP contribution >= 0.6 is 0 Å². The highest BCUT2D eigenvalue weighted by Gasteiger charge is 2.36. The molecule has 9 nitrogen and oxygen atoms in total. The summed E-state index contributed by atoms with van der Waals surface area (Å²) in [7, 11) is 0. The van der Waals surface area contributed by atoms with Crippen molar-refractivity contribution >= 4 is 23.2 Å². The van der Waals surface area contributed by atoms with E-state index in [0.717, 1.165) is 18.5 Å². The van der Waals surface area contributed by atoms with E-state index in [1.54, 1.807) is 24.3 Å². The van der Waals surface area contributed by atoms with Gasteiger partial charge in [-0.05, 0) is 24.4 Å². The van der Waals surface area contributed by atoms with Crippen LogP contribution in [0.3, 0.4) is 0 Å². The number of fused-ring (bicyclic) bond motifs is 2. The molecule has 9 heteroatoms. The van der Waals surface area contributed by atoms with Crippen LogP contribution in [0.25, 0.3) is 0 Å². The molecule has 1 aliphatic heterocycles. The third-order valence-electron chi connectivity index (χ3n) is 4.22. The molecule has 2 N–H and O–H groups in total. The maximum atomic E-state index is 12.4. The number of carbonyl (C=O) groups excluding carboxylic acids is 2. The molecule has 0 radical (unpaired) electrons. The SMILES string of the molecule is O=C(N/N=C1\CCCc2nonc21)C1=NNC(=O)C2C=CC=CC12. The van der Waals surface area contributed by atoms with E-state index in [9.17, 15) is 9.59 Å². The largest absolute Gasteiger partial charge is 0.288 e. The number of aryl methyl sites for hydroxylation is 1. The van der Waals surface area contributed by atoms with Gasteiger partial charge >= 0.3 is 0 Å². The van der Waals surface area contributed by atoms with Gasteiger partial charge in [0.25, 0.3) is 5.91 Å². The highest BCUT2D eigenvalue weighted by molar-refractivity contribution is 6.41. The predicted molar refractivity (Wildman–Crippen MR) is 82.8 cm³/mol. The van der Waals surface area contributed by atoms with Crippen molar-refractivity contribution in [1.29, 1.82) is 0 Å². The second-order valence-corrected chi connectivity index (χ2v) is 5.71. The normalized spacial score (nSPS) is 26.4. The van der Waals surface area contributed by atoms with Gasteiger partial charge in [0.15, 0.2) is 5.69 Å². The fourth-order valence-electron chi connectivity index (χ4n) is 3.00. The van der Waals surface area contributed by atoms with Crippen molar-refractivity contribution in [2.75, 3.05) is 0 Å². The Morgan fingerprint density at radius 1 is 1.25 bits per heavy atom. The maximum Gasteiger partial charge on any atom is 0.288 e. The summed E-state index contributed by atoms with van der Waals surface area (Å²) in [4.78, 5) is 24.3. The van der Waals surface area contributed by atoms with Crippen LogP contribution < -0.4 is 10.9 Å². The van der Waals surface area contributed by atoms with Crippen molar-refractivity contribution in [3.8, 4) is 0 Å². The van der Waals surface area contributed by atoms with Crippen molar-refractivity contribution in [2.24, 2.45) is 22.0 Å². The second kappa shape index (κ2) is 5.84. The summed E-state index contributed by atoms with van der Waals surface area (Å²) in [5.41, 5.74) is 7.06. The first-order valence-corrected chi connectivity index (χ1v) is 7.65. The highest BCUT2D eigenvalue weighted by Crippen LogP contribution is 2.24. The molecule has 2 heterocycles. The van der Waals surface area contributed by atoms with Gasteiger partial charge in [-0.25, -0.2) is 15.5 Å². The molecule has 0 spiro atoms. The van der Waals surface area contributed by atoms with E-state index in [1.165, 1.54) is 0 Å². The van der Waals surface area contributed by atoms with Gasteiger partial charge in [0.05, 0.1) is 11.6 Å². The Kier molecular flexibility index (Phi) is 3.52. The number of carbonyl (C=O) groups is 2. The zero-order chi connectivity index (χ0) is 16.5. The number of rotatable bonds is 2. The summed E-state index contributed by atoms with van der Waals surface area (Å²) >= 11 is 0. The Labute approximate surface area is 136 Å². The van der Waals surface area contributed by atoms with E-state index in [4.69, 9.17) is 4.63 Å². The summed E-state index contributed by atoms with van der Waals surface area (Å²) in [5.74, 6) is -1.50. The minimum atomic E-state index is -0.457. The molecule has 24 heavy (non-hydrogen) atoms. The monoisotopic (exact) mass is 326 g/mol. The van der Waals surface area contributed by atoms with E-state index < -0.39 is 11.8 Å².